The average Bonchev–Trinajstić information content (AvgIpc) is 3.19. The Kier molecular flexibility index (Phi) is 4.76. The van der Waals surface area contributed by atoms with E-state index in [0.717, 1.165) is 22.5 Å². The first-order valence-electron chi connectivity index (χ1n) is 8.99. The average molecular weight is 373 g/mol. The largest absolute Gasteiger partial charge is 0.508 e. The lowest BCUT2D eigenvalue weighted by molar-refractivity contribution is -0.123. The molecule has 1 aromatic heterocycles. The van der Waals surface area contributed by atoms with Crippen LogP contribution in [-0.4, -0.2) is 26.5 Å². The van der Waals surface area contributed by atoms with Gasteiger partial charge in [-0.05, 0) is 23.3 Å². The van der Waals surface area contributed by atoms with Crippen molar-refractivity contribution in [3.05, 3.63) is 95.1 Å². The summed E-state index contributed by atoms with van der Waals surface area (Å²) < 4.78 is 1.96. The molecule has 6 nitrogen and oxygen atoms in total. The number of hydrogen-bond acceptors (Lipinski definition) is 4. The normalized spacial score (nSPS) is 13.5. The number of nitrogens with zero attached hydrogens (tertiary/aromatic N) is 2. The number of imide groups is 1. The second-order valence-corrected chi connectivity index (χ2v) is 6.76. The molecule has 2 aromatic carbocycles. The number of nitrogens with one attached hydrogen (secondary N) is 1. The summed E-state index contributed by atoms with van der Waals surface area (Å²) >= 11 is 0. The zero-order valence-electron chi connectivity index (χ0n) is 15.1. The fraction of sp³-hybridized carbons (Fsp3) is 0.136. The van der Waals surface area contributed by atoms with Crippen molar-refractivity contribution in [3.8, 4) is 5.75 Å². The molecule has 0 fully saturated rings. The van der Waals surface area contributed by atoms with Gasteiger partial charge in [-0.25, -0.2) is 4.98 Å². The highest BCUT2D eigenvalue weighted by Crippen LogP contribution is 2.21. The van der Waals surface area contributed by atoms with E-state index >= 15 is 0 Å². The predicted molar refractivity (Wildman–Crippen MR) is 104 cm³/mol. The molecule has 0 bridgehead atoms. The van der Waals surface area contributed by atoms with Crippen molar-refractivity contribution in [2.75, 3.05) is 0 Å². The molecular weight excluding hydrogens is 354 g/mol. The number of carbonyl (C=O) groups is 2. The van der Waals surface area contributed by atoms with Crippen LogP contribution in [0.5, 0.6) is 5.75 Å². The summed E-state index contributed by atoms with van der Waals surface area (Å²) in [6.07, 6.45) is 4.04. The summed E-state index contributed by atoms with van der Waals surface area (Å²) in [6, 6.07) is 17.0. The highest BCUT2D eigenvalue weighted by Gasteiger charge is 2.24. The van der Waals surface area contributed by atoms with Crippen molar-refractivity contribution in [2.24, 2.45) is 0 Å². The standard InChI is InChI=1S/C22H19N3O3/c26-18-8-4-7-16(9-18)13-25-14-23-19(10-15-5-2-1-3-6-15)20(25)11-17-12-21(27)24-22(17)28/h1-9,12,14,26H,10-11,13H2,(H,24,27,28). The van der Waals surface area contributed by atoms with Crippen molar-refractivity contribution in [1.82, 2.24) is 14.9 Å². The van der Waals surface area contributed by atoms with Gasteiger partial charge in [0, 0.05) is 36.7 Å². The third-order valence-electron chi connectivity index (χ3n) is 4.70. The third-order valence-corrected chi connectivity index (χ3v) is 4.70. The zero-order chi connectivity index (χ0) is 19.5. The van der Waals surface area contributed by atoms with Gasteiger partial charge in [0.1, 0.15) is 5.75 Å². The van der Waals surface area contributed by atoms with E-state index in [-0.39, 0.29) is 17.6 Å². The monoisotopic (exact) mass is 373 g/mol. The molecule has 1 aliphatic rings. The molecule has 1 aliphatic heterocycles. The van der Waals surface area contributed by atoms with Crippen LogP contribution in [-0.2, 0) is 29.0 Å². The molecule has 2 amide bonds. The van der Waals surface area contributed by atoms with Gasteiger partial charge in [-0.1, -0.05) is 42.5 Å². The Balaban J connectivity index is 1.68. The Morgan fingerprint density at radius 3 is 2.46 bits per heavy atom. The molecule has 6 heteroatoms. The van der Waals surface area contributed by atoms with Crippen LogP contribution in [0.1, 0.15) is 22.5 Å². The lowest BCUT2D eigenvalue weighted by Gasteiger charge is -2.11. The molecule has 4 rings (SSSR count). The summed E-state index contributed by atoms with van der Waals surface area (Å²) in [5, 5.41) is 12.0. The quantitative estimate of drug-likeness (QED) is 0.650. The third kappa shape index (κ3) is 3.86. The smallest absolute Gasteiger partial charge is 0.254 e. The van der Waals surface area contributed by atoms with Crippen molar-refractivity contribution >= 4 is 11.8 Å². The fourth-order valence-electron chi connectivity index (χ4n) is 3.34. The van der Waals surface area contributed by atoms with Crippen LogP contribution in [0.15, 0.2) is 72.6 Å². The van der Waals surface area contributed by atoms with Crippen LogP contribution < -0.4 is 5.32 Å². The maximum absolute atomic E-state index is 12.0. The van der Waals surface area contributed by atoms with Gasteiger partial charge in [-0.3, -0.25) is 14.9 Å². The lowest BCUT2D eigenvalue weighted by Crippen LogP contribution is -2.23. The molecule has 0 saturated carbocycles. The van der Waals surface area contributed by atoms with E-state index in [9.17, 15) is 14.7 Å². The summed E-state index contributed by atoms with van der Waals surface area (Å²) in [7, 11) is 0. The summed E-state index contributed by atoms with van der Waals surface area (Å²) in [5.41, 5.74) is 4.21. The second-order valence-electron chi connectivity index (χ2n) is 6.76. The number of phenolic OH excluding ortho intramolecular Hbond substituents is 1. The first kappa shape index (κ1) is 17.7. The van der Waals surface area contributed by atoms with E-state index in [1.807, 2.05) is 41.0 Å². The molecule has 28 heavy (non-hydrogen) atoms. The molecule has 0 aliphatic carbocycles. The van der Waals surface area contributed by atoms with Gasteiger partial charge in [0.2, 0.25) is 0 Å². The van der Waals surface area contributed by atoms with Gasteiger partial charge in [-0.2, -0.15) is 0 Å². The van der Waals surface area contributed by atoms with Crippen molar-refractivity contribution in [2.45, 2.75) is 19.4 Å². The van der Waals surface area contributed by atoms with E-state index in [1.165, 1.54) is 6.08 Å². The zero-order valence-corrected chi connectivity index (χ0v) is 15.1. The molecule has 3 aromatic rings. The summed E-state index contributed by atoms with van der Waals surface area (Å²) in [5.74, 6) is -0.545. The number of benzene rings is 2. The highest BCUT2D eigenvalue weighted by molar-refractivity contribution is 6.16. The van der Waals surface area contributed by atoms with E-state index in [2.05, 4.69) is 10.3 Å². The number of imidazole rings is 1. The van der Waals surface area contributed by atoms with Gasteiger partial charge >= 0.3 is 0 Å². The maximum Gasteiger partial charge on any atom is 0.254 e. The number of amides is 2. The maximum atomic E-state index is 12.0. The Morgan fingerprint density at radius 1 is 0.964 bits per heavy atom. The van der Waals surface area contributed by atoms with Crippen LogP contribution in [0.25, 0.3) is 0 Å². The molecule has 140 valence electrons. The van der Waals surface area contributed by atoms with Gasteiger partial charge in [0.25, 0.3) is 11.8 Å². The van der Waals surface area contributed by atoms with E-state index in [4.69, 9.17) is 0 Å². The minimum absolute atomic E-state index is 0.201. The van der Waals surface area contributed by atoms with Crippen molar-refractivity contribution in [1.29, 1.82) is 0 Å². The molecule has 0 unspecified atom stereocenters. The van der Waals surface area contributed by atoms with Gasteiger partial charge in [0.05, 0.1) is 12.0 Å². The molecule has 0 atom stereocenters. The predicted octanol–water partition coefficient (Wildman–Crippen LogP) is 2.35. The number of aromatic nitrogens is 2. The first-order chi connectivity index (χ1) is 13.6. The molecule has 0 radical (unpaired) electrons. The van der Waals surface area contributed by atoms with Crippen molar-refractivity contribution in [3.63, 3.8) is 0 Å². The Morgan fingerprint density at radius 2 is 1.75 bits per heavy atom. The number of carbonyl (C=O) groups excluding carboxylic acids is 2. The first-order valence-corrected chi connectivity index (χ1v) is 8.99. The lowest BCUT2D eigenvalue weighted by atomic mass is 10.0. The fourth-order valence-corrected chi connectivity index (χ4v) is 3.34. The van der Waals surface area contributed by atoms with Crippen LogP contribution in [0.2, 0.25) is 0 Å². The van der Waals surface area contributed by atoms with Crippen LogP contribution in [0, 0.1) is 0 Å². The molecule has 2 N–H and O–H groups in total. The Bertz CT molecular complexity index is 1070. The highest BCUT2D eigenvalue weighted by atomic mass is 16.3. The number of rotatable bonds is 6. The minimum Gasteiger partial charge on any atom is -0.508 e. The van der Waals surface area contributed by atoms with Gasteiger partial charge in [-0.15, -0.1) is 0 Å². The Labute approximate surface area is 162 Å². The van der Waals surface area contributed by atoms with E-state index < -0.39 is 0 Å². The van der Waals surface area contributed by atoms with Crippen LogP contribution in [0.4, 0.5) is 0 Å². The minimum atomic E-state index is -0.386. The van der Waals surface area contributed by atoms with Gasteiger partial charge < -0.3 is 9.67 Å². The van der Waals surface area contributed by atoms with Crippen molar-refractivity contribution < 1.29 is 14.7 Å². The Hall–Kier alpha value is -3.67. The van der Waals surface area contributed by atoms with Crippen LogP contribution >= 0.6 is 0 Å². The number of aromatic hydroxyl groups is 1. The van der Waals surface area contributed by atoms with Crippen LogP contribution in [0.3, 0.4) is 0 Å². The summed E-state index contributed by atoms with van der Waals surface area (Å²) in [6.45, 7) is 0.508. The van der Waals surface area contributed by atoms with E-state index in [1.54, 1.807) is 24.5 Å². The topological polar surface area (TPSA) is 84.2 Å². The molecular formula is C22H19N3O3. The molecule has 0 saturated heterocycles. The SMILES string of the molecule is O=C1C=C(Cc2c(Cc3ccccc3)ncn2Cc2cccc(O)c2)C(=O)N1. The van der Waals surface area contributed by atoms with Gasteiger partial charge in [0.15, 0.2) is 0 Å². The number of hydrogen-bond donors (Lipinski definition) is 2. The molecule has 2 heterocycles. The second kappa shape index (κ2) is 7.52. The summed E-state index contributed by atoms with van der Waals surface area (Å²) in [4.78, 5) is 28.1. The molecule has 0 spiro atoms. The number of phenols is 1. The van der Waals surface area contributed by atoms with E-state index in [0.29, 0.717) is 25.0 Å².